The molecule has 1 amide bonds. The summed E-state index contributed by atoms with van der Waals surface area (Å²) in [5, 5.41) is 2.88. The lowest BCUT2D eigenvalue weighted by molar-refractivity contribution is -0.124. The molecule has 21 heavy (non-hydrogen) atoms. The van der Waals surface area contributed by atoms with E-state index < -0.39 is 16.1 Å². The van der Waals surface area contributed by atoms with Crippen molar-refractivity contribution in [2.24, 2.45) is 0 Å². The number of nitrogens with one attached hydrogen (secondary N) is 1. The van der Waals surface area contributed by atoms with Gasteiger partial charge in [-0.25, -0.2) is 8.42 Å². The molecule has 0 aromatic heterocycles. The molecular formula is C15H22N2O3S. The number of nitrogens with zero attached hydrogens (tertiary/aromatic N) is 1. The van der Waals surface area contributed by atoms with Gasteiger partial charge in [0.25, 0.3) is 0 Å². The van der Waals surface area contributed by atoms with Gasteiger partial charge in [-0.1, -0.05) is 37.3 Å². The second-order valence-electron chi connectivity index (χ2n) is 5.59. The number of hydrogen-bond acceptors (Lipinski definition) is 3. The summed E-state index contributed by atoms with van der Waals surface area (Å²) in [4.78, 5) is 12.2. The highest BCUT2D eigenvalue weighted by molar-refractivity contribution is 7.88. The highest BCUT2D eigenvalue weighted by Crippen LogP contribution is 2.21. The van der Waals surface area contributed by atoms with Crippen LogP contribution in [0.1, 0.15) is 31.2 Å². The van der Waals surface area contributed by atoms with Crippen molar-refractivity contribution in [2.45, 2.75) is 31.7 Å². The van der Waals surface area contributed by atoms with Gasteiger partial charge in [-0.05, 0) is 24.3 Å². The molecule has 0 bridgehead atoms. The van der Waals surface area contributed by atoms with Crippen molar-refractivity contribution in [1.29, 1.82) is 0 Å². The van der Waals surface area contributed by atoms with Crippen molar-refractivity contribution >= 4 is 15.9 Å². The van der Waals surface area contributed by atoms with Crippen molar-refractivity contribution in [2.75, 3.05) is 19.3 Å². The van der Waals surface area contributed by atoms with E-state index in [0.717, 1.165) is 18.2 Å². The Balaban J connectivity index is 1.93. The van der Waals surface area contributed by atoms with Crippen molar-refractivity contribution in [3.63, 3.8) is 0 Å². The molecule has 0 aliphatic carbocycles. The zero-order chi connectivity index (χ0) is 15.5. The Labute approximate surface area is 126 Å². The third-order valence-electron chi connectivity index (χ3n) is 3.88. The predicted molar refractivity (Wildman–Crippen MR) is 82.4 cm³/mol. The molecule has 116 valence electrons. The second-order valence-corrected chi connectivity index (χ2v) is 7.52. The van der Waals surface area contributed by atoms with Crippen LogP contribution >= 0.6 is 0 Å². The van der Waals surface area contributed by atoms with Crippen molar-refractivity contribution in [1.82, 2.24) is 9.62 Å². The van der Waals surface area contributed by atoms with E-state index in [2.05, 4.69) is 5.32 Å². The van der Waals surface area contributed by atoms with E-state index in [4.69, 9.17) is 0 Å². The Hall–Kier alpha value is -1.40. The number of carbonyl (C=O) groups excluding carboxylic acids is 1. The van der Waals surface area contributed by atoms with Crippen LogP contribution in [0.3, 0.4) is 0 Å². The average Bonchev–Trinajstić information content (AvgIpc) is 2.95. The molecule has 1 N–H and O–H groups in total. The van der Waals surface area contributed by atoms with Gasteiger partial charge in [-0.2, -0.15) is 4.31 Å². The Morgan fingerprint density at radius 2 is 2.05 bits per heavy atom. The molecule has 2 atom stereocenters. The van der Waals surface area contributed by atoms with E-state index in [1.807, 2.05) is 37.3 Å². The summed E-state index contributed by atoms with van der Waals surface area (Å²) in [5.74, 6) is 0.00365. The quantitative estimate of drug-likeness (QED) is 0.892. The minimum absolute atomic E-state index is 0.194. The SMILES string of the molecule is C[C@H](CNC(=O)[C@@H]1CCCN1S(C)(=O)=O)c1ccccc1. The molecule has 1 aliphatic heterocycles. The summed E-state index contributed by atoms with van der Waals surface area (Å²) in [7, 11) is -3.31. The zero-order valence-corrected chi connectivity index (χ0v) is 13.3. The van der Waals surface area contributed by atoms with E-state index in [0.29, 0.717) is 19.5 Å². The fourth-order valence-electron chi connectivity index (χ4n) is 2.67. The fourth-order valence-corrected chi connectivity index (χ4v) is 3.79. The maximum absolute atomic E-state index is 12.2. The third kappa shape index (κ3) is 4.04. The van der Waals surface area contributed by atoms with Crippen LogP contribution in [0, 0.1) is 0 Å². The molecule has 1 aliphatic rings. The van der Waals surface area contributed by atoms with Crippen LogP contribution < -0.4 is 5.32 Å². The molecule has 6 heteroatoms. The van der Waals surface area contributed by atoms with Crippen LogP contribution in [-0.4, -0.2) is 44.0 Å². The van der Waals surface area contributed by atoms with E-state index in [1.165, 1.54) is 4.31 Å². The van der Waals surface area contributed by atoms with Gasteiger partial charge < -0.3 is 5.32 Å². The van der Waals surface area contributed by atoms with Crippen LogP contribution in [0.5, 0.6) is 0 Å². The van der Waals surface area contributed by atoms with Crippen LogP contribution in [0.2, 0.25) is 0 Å². The Morgan fingerprint density at radius 1 is 1.38 bits per heavy atom. The van der Waals surface area contributed by atoms with Gasteiger partial charge in [0, 0.05) is 13.1 Å². The van der Waals surface area contributed by atoms with Crippen molar-refractivity contribution in [3.05, 3.63) is 35.9 Å². The van der Waals surface area contributed by atoms with Gasteiger partial charge in [0.2, 0.25) is 15.9 Å². The summed E-state index contributed by atoms with van der Waals surface area (Å²) >= 11 is 0. The number of rotatable bonds is 5. The molecule has 1 heterocycles. The van der Waals surface area contributed by atoms with Crippen LogP contribution in [0.15, 0.2) is 30.3 Å². The second kappa shape index (κ2) is 6.58. The number of hydrogen-bond donors (Lipinski definition) is 1. The summed E-state index contributed by atoms with van der Waals surface area (Å²) < 4.78 is 24.6. The van der Waals surface area contributed by atoms with Crippen LogP contribution in [-0.2, 0) is 14.8 Å². The summed E-state index contributed by atoms with van der Waals surface area (Å²) in [6.45, 7) is 2.99. The van der Waals surface area contributed by atoms with Gasteiger partial charge in [-0.3, -0.25) is 4.79 Å². The molecule has 1 saturated heterocycles. The smallest absolute Gasteiger partial charge is 0.238 e. The summed E-state index contributed by atoms with van der Waals surface area (Å²) in [5.41, 5.74) is 1.16. The molecule has 0 unspecified atom stereocenters. The van der Waals surface area contributed by atoms with Gasteiger partial charge in [0.05, 0.1) is 6.26 Å². The van der Waals surface area contributed by atoms with Gasteiger partial charge in [0.1, 0.15) is 6.04 Å². The lowest BCUT2D eigenvalue weighted by Gasteiger charge is -2.22. The molecule has 1 aromatic rings. The van der Waals surface area contributed by atoms with Gasteiger partial charge >= 0.3 is 0 Å². The maximum atomic E-state index is 12.2. The summed E-state index contributed by atoms with van der Waals surface area (Å²) in [6, 6.07) is 9.39. The average molecular weight is 310 g/mol. The molecule has 5 nitrogen and oxygen atoms in total. The minimum atomic E-state index is -3.31. The van der Waals surface area contributed by atoms with Crippen molar-refractivity contribution in [3.8, 4) is 0 Å². The fraction of sp³-hybridized carbons (Fsp3) is 0.533. The minimum Gasteiger partial charge on any atom is -0.354 e. The summed E-state index contributed by atoms with van der Waals surface area (Å²) in [6.07, 6.45) is 2.49. The predicted octanol–water partition coefficient (Wildman–Crippen LogP) is 1.33. The Morgan fingerprint density at radius 3 is 2.67 bits per heavy atom. The van der Waals surface area contributed by atoms with E-state index in [9.17, 15) is 13.2 Å². The first-order valence-electron chi connectivity index (χ1n) is 7.19. The largest absolute Gasteiger partial charge is 0.354 e. The molecule has 0 spiro atoms. The first kappa shape index (κ1) is 16.0. The number of amides is 1. The van der Waals surface area contributed by atoms with Gasteiger partial charge in [-0.15, -0.1) is 0 Å². The highest BCUT2D eigenvalue weighted by Gasteiger charge is 2.36. The number of sulfonamides is 1. The monoisotopic (exact) mass is 310 g/mol. The Bertz CT molecular complexity index is 586. The van der Waals surface area contributed by atoms with Crippen LogP contribution in [0.25, 0.3) is 0 Å². The molecule has 1 fully saturated rings. The topological polar surface area (TPSA) is 66.5 Å². The van der Waals surface area contributed by atoms with E-state index in [1.54, 1.807) is 0 Å². The molecular weight excluding hydrogens is 288 g/mol. The standard InChI is InChI=1S/C15H22N2O3S/c1-12(13-7-4-3-5-8-13)11-16-15(18)14-9-6-10-17(14)21(2,19)20/h3-5,7-8,12,14H,6,9-11H2,1-2H3,(H,16,18)/t12-,14+/m1/s1. The number of benzene rings is 1. The first-order chi connectivity index (χ1) is 9.89. The zero-order valence-electron chi connectivity index (χ0n) is 12.5. The van der Waals surface area contributed by atoms with E-state index >= 15 is 0 Å². The first-order valence-corrected chi connectivity index (χ1v) is 9.04. The normalized spacial score (nSPS) is 21.1. The molecule has 0 radical (unpaired) electrons. The molecule has 2 rings (SSSR count). The lowest BCUT2D eigenvalue weighted by atomic mass is 10.0. The van der Waals surface area contributed by atoms with Crippen LogP contribution in [0.4, 0.5) is 0 Å². The Kier molecular flexibility index (Phi) is 5.00. The lowest BCUT2D eigenvalue weighted by Crippen LogP contribution is -2.46. The number of carbonyl (C=O) groups is 1. The van der Waals surface area contributed by atoms with E-state index in [-0.39, 0.29) is 11.8 Å². The highest BCUT2D eigenvalue weighted by atomic mass is 32.2. The maximum Gasteiger partial charge on any atom is 0.238 e. The molecule has 1 aromatic carbocycles. The van der Waals surface area contributed by atoms with Crippen molar-refractivity contribution < 1.29 is 13.2 Å². The third-order valence-corrected chi connectivity index (χ3v) is 5.17. The molecule has 0 saturated carbocycles. The van der Waals surface area contributed by atoms with Gasteiger partial charge in [0.15, 0.2) is 0 Å².